The van der Waals surface area contributed by atoms with E-state index in [0.717, 1.165) is 71.1 Å². The third-order valence-corrected chi connectivity index (χ3v) is 14.4. The first kappa shape index (κ1) is 34.0. The van der Waals surface area contributed by atoms with Crippen LogP contribution in [0.5, 0.6) is 5.75 Å². The molecule has 0 amide bonds. The van der Waals surface area contributed by atoms with Crippen molar-refractivity contribution in [1.29, 1.82) is 0 Å². The molecule has 2 aliphatic carbocycles. The van der Waals surface area contributed by atoms with Crippen molar-refractivity contribution in [2.75, 3.05) is 18.1 Å². The van der Waals surface area contributed by atoms with E-state index in [1.54, 1.807) is 0 Å². The van der Waals surface area contributed by atoms with Gasteiger partial charge in [-0.1, -0.05) is 78.9 Å². The third kappa shape index (κ3) is 6.12. The highest BCUT2D eigenvalue weighted by atomic mass is 31.2. The number of nitrogens with one attached hydrogen (secondary N) is 1. The summed E-state index contributed by atoms with van der Waals surface area (Å²) in [5, 5.41) is 3.84. The lowest BCUT2D eigenvalue weighted by atomic mass is 9.87. The van der Waals surface area contributed by atoms with Crippen LogP contribution < -0.4 is 20.9 Å². The Morgan fingerprint density at radius 3 is 2.14 bits per heavy atom. The Labute approximate surface area is 290 Å². The normalized spacial score (nSPS) is 19.2. The summed E-state index contributed by atoms with van der Waals surface area (Å²) >= 11 is 0. The van der Waals surface area contributed by atoms with Crippen molar-refractivity contribution in [2.45, 2.75) is 30.6 Å². The van der Waals surface area contributed by atoms with E-state index in [0.29, 0.717) is 28.1 Å². The molecule has 8 heteroatoms. The van der Waals surface area contributed by atoms with Gasteiger partial charge in [0.1, 0.15) is 26.6 Å². The zero-order valence-electron chi connectivity index (χ0n) is 27.5. The fraction of sp³-hybridized carbons (Fsp3) is 0.146. The minimum absolute atomic E-state index is 0.370. The molecule has 3 atom stereocenters. The minimum Gasteiger partial charge on any atom is -0.475 e. The van der Waals surface area contributed by atoms with E-state index in [9.17, 15) is 4.79 Å². The molecular formula is C41H40N2O4P2. The first-order valence-electron chi connectivity index (χ1n) is 16.3. The number of para-hydroxylation sites is 1. The molecule has 1 heterocycles. The SMILES string of the molecule is C=C.CNc1ccc(C(POC2=C(C3=C(C=O)C=CCC3)CCC=C2)(c2ccc(N)cc2)P2(=O)Oc3ccccc3-c3ccccc32)cc1. The van der Waals surface area contributed by atoms with E-state index in [4.69, 9.17) is 14.8 Å². The molecule has 3 unspecified atom stereocenters. The maximum absolute atomic E-state index is 16.4. The molecule has 4 aromatic carbocycles. The van der Waals surface area contributed by atoms with Crippen LogP contribution in [0.2, 0.25) is 0 Å². The van der Waals surface area contributed by atoms with E-state index in [1.165, 1.54) is 0 Å². The van der Waals surface area contributed by atoms with Crippen LogP contribution in [0, 0.1) is 0 Å². The number of hydrogen-bond donors (Lipinski definition) is 2. The summed E-state index contributed by atoms with van der Waals surface area (Å²) in [7, 11) is -2.39. The van der Waals surface area contributed by atoms with Gasteiger partial charge in [0, 0.05) is 29.6 Å². The number of aldehydes is 1. The van der Waals surface area contributed by atoms with Crippen LogP contribution in [-0.4, -0.2) is 13.3 Å². The smallest absolute Gasteiger partial charge is 0.299 e. The molecule has 0 fully saturated rings. The number of anilines is 2. The average Bonchev–Trinajstić information content (AvgIpc) is 3.17. The lowest BCUT2D eigenvalue weighted by molar-refractivity contribution is -0.104. The van der Waals surface area contributed by atoms with Gasteiger partial charge in [0.25, 0.3) is 7.37 Å². The molecule has 0 spiro atoms. The van der Waals surface area contributed by atoms with Gasteiger partial charge in [-0.25, -0.2) is 0 Å². The maximum atomic E-state index is 16.4. The second-order valence-corrected chi connectivity index (χ2v) is 15.8. The number of allylic oxidation sites excluding steroid dienone is 7. The van der Waals surface area contributed by atoms with Gasteiger partial charge in [-0.05, 0) is 96.0 Å². The Bertz CT molecular complexity index is 2030. The quantitative estimate of drug-likeness (QED) is 0.0789. The standard InChI is InChI=1S/C39H36N2O4P2.C2H4/c1-41-31-24-20-29(21-25-31)39(28-18-22-30(40)23-19-28,46-44-36-15-7-4-12-33(36)32-11-3-2-10-27(32)26-42)47(43)38-17-9-6-14-35(38)34-13-5-8-16-37(34)45-47;1-2/h2,5-10,13-26,41,46H,3-4,11-12,40H2,1H3;1-2H2. The van der Waals surface area contributed by atoms with Crippen molar-refractivity contribution in [3.05, 3.63) is 168 Å². The third-order valence-electron chi connectivity index (χ3n) is 9.12. The summed E-state index contributed by atoms with van der Waals surface area (Å²) in [6.07, 6.45) is 12.2. The van der Waals surface area contributed by atoms with Crippen LogP contribution in [-0.2, 0) is 18.8 Å². The van der Waals surface area contributed by atoms with Gasteiger partial charge in [0.05, 0.1) is 5.30 Å². The lowest BCUT2D eigenvalue weighted by Gasteiger charge is -2.43. The van der Waals surface area contributed by atoms with Gasteiger partial charge in [0.2, 0.25) is 0 Å². The fourth-order valence-corrected chi connectivity index (χ4v) is 11.7. The predicted molar refractivity (Wildman–Crippen MR) is 205 cm³/mol. The second kappa shape index (κ2) is 14.7. The van der Waals surface area contributed by atoms with Crippen LogP contribution in [0.4, 0.5) is 11.4 Å². The number of carbonyl (C=O) groups excluding carboxylic acids is 1. The summed E-state index contributed by atoms with van der Waals surface area (Å²) < 4.78 is 30.2. The largest absolute Gasteiger partial charge is 0.475 e. The average molecular weight is 687 g/mol. The maximum Gasteiger partial charge on any atom is 0.299 e. The van der Waals surface area contributed by atoms with Gasteiger partial charge in [-0.15, -0.1) is 13.2 Å². The van der Waals surface area contributed by atoms with Crippen LogP contribution >= 0.6 is 16.2 Å². The number of nitrogen functional groups attached to an aromatic ring is 1. The first-order chi connectivity index (χ1) is 24.0. The summed E-state index contributed by atoms with van der Waals surface area (Å²) in [4.78, 5) is 10.8. The van der Waals surface area contributed by atoms with Crippen molar-refractivity contribution in [3.8, 4) is 16.9 Å². The van der Waals surface area contributed by atoms with Crippen LogP contribution in [0.1, 0.15) is 36.8 Å². The molecule has 3 N–H and O–H groups in total. The molecule has 4 aromatic rings. The molecule has 0 aromatic heterocycles. The van der Waals surface area contributed by atoms with Crippen molar-refractivity contribution >= 4 is 39.1 Å². The number of carbonyl (C=O) groups is 1. The van der Waals surface area contributed by atoms with E-state index >= 15 is 4.57 Å². The second-order valence-electron chi connectivity index (χ2n) is 11.8. The van der Waals surface area contributed by atoms with Crippen molar-refractivity contribution in [1.82, 2.24) is 0 Å². The zero-order valence-corrected chi connectivity index (χ0v) is 29.4. The van der Waals surface area contributed by atoms with E-state index in [2.05, 4.69) is 24.6 Å². The van der Waals surface area contributed by atoms with Crippen LogP contribution in [0.25, 0.3) is 11.1 Å². The molecule has 49 heavy (non-hydrogen) atoms. The molecule has 0 bridgehead atoms. The highest BCUT2D eigenvalue weighted by Crippen LogP contribution is 2.75. The number of hydrogen-bond acceptors (Lipinski definition) is 6. The predicted octanol–water partition coefficient (Wildman–Crippen LogP) is 10.0. The summed E-state index contributed by atoms with van der Waals surface area (Å²) in [6, 6.07) is 31.1. The number of nitrogens with two attached hydrogens (primary N) is 1. The summed E-state index contributed by atoms with van der Waals surface area (Å²) in [5.74, 6) is 1.27. The van der Waals surface area contributed by atoms with Gasteiger partial charge in [-0.3, -0.25) is 9.36 Å². The molecule has 0 saturated heterocycles. The van der Waals surface area contributed by atoms with E-state index in [-0.39, 0.29) is 8.81 Å². The highest BCUT2D eigenvalue weighted by molar-refractivity contribution is 7.76. The molecule has 0 saturated carbocycles. The topological polar surface area (TPSA) is 90.6 Å². The molecule has 6 nitrogen and oxygen atoms in total. The Morgan fingerprint density at radius 1 is 0.837 bits per heavy atom. The Hall–Kier alpha value is -4.89. The molecule has 1 aliphatic heterocycles. The molecule has 7 rings (SSSR count). The molecule has 0 radical (unpaired) electrons. The monoisotopic (exact) mass is 686 g/mol. The summed E-state index contributed by atoms with van der Waals surface area (Å²) in [5.41, 5.74) is 13.8. The minimum atomic E-state index is -3.90. The van der Waals surface area contributed by atoms with Crippen LogP contribution in [0.15, 0.2) is 157 Å². The zero-order chi connectivity index (χ0) is 34.4. The fourth-order valence-electron chi connectivity index (χ4n) is 6.73. The van der Waals surface area contributed by atoms with E-state index < -0.39 is 12.3 Å². The first-order valence-corrected chi connectivity index (χ1v) is 18.8. The Morgan fingerprint density at radius 2 is 1.45 bits per heavy atom. The highest BCUT2D eigenvalue weighted by Gasteiger charge is 2.58. The lowest BCUT2D eigenvalue weighted by Crippen LogP contribution is -2.34. The van der Waals surface area contributed by atoms with Gasteiger partial charge >= 0.3 is 0 Å². The molecular weight excluding hydrogens is 646 g/mol. The Kier molecular flexibility index (Phi) is 10.2. The molecule has 248 valence electrons. The van der Waals surface area contributed by atoms with Crippen LogP contribution in [0.3, 0.4) is 0 Å². The number of benzene rings is 4. The van der Waals surface area contributed by atoms with Crippen molar-refractivity contribution in [3.63, 3.8) is 0 Å². The number of rotatable bonds is 9. The van der Waals surface area contributed by atoms with Crippen molar-refractivity contribution in [2.24, 2.45) is 0 Å². The van der Waals surface area contributed by atoms with E-state index in [1.807, 2.05) is 122 Å². The number of fused-ring (bicyclic) bond motifs is 3. The molecule has 3 aliphatic rings. The van der Waals surface area contributed by atoms with Gasteiger partial charge in [0.15, 0.2) is 4.90 Å². The Balaban J connectivity index is 0.00000205. The summed E-state index contributed by atoms with van der Waals surface area (Å²) in [6.45, 7) is 6.00. The van der Waals surface area contributed by atoms with Gasteiger partial charge < -0.3 is 20.1 Å². The van der Waals surface area contributed by atoms with Crippen molar-refractivity contribution < 1.29 is 18.4 Å². The van der Waals surface area contributed by atoms with Gasteiger partial charge in [-0.2, -0.15) is 0 Å².